The quantitative estimate of drug-likeness (QED) is 0.790. The first-order chi connectivity index (χ1) is 9.44. The summed E-state index contributed by atoms with van der Waals surface area (Å²) in [7, 11) is 0. The van der Waals surface area contributed by atoms with Gasteiger partial charge in [-0.05, 0) is 38.8 Å². The van der Waals surface area contributed by atoms with E-state index in [4.69, 9.17) is 10.4 Å². The average molecular weight is 274 g/mol. The van der Waals surface area contributed by atoms with Gasteiger partial charge in [0.05, 0.1) is 11.5 Å². The minimum Gasteiger partial charge on any atom is -0.481 e. The van der Waals surface area contributed by atoms with Gasteiger partial charge >= 0.3 is 5.97 Å². The molecule has 20 heavy (non-hydrogen) atoms. The Morgan fingerprint density at radius 3 is 2.50 bits per heavy atom. The second kappa shape index (κ2) is 7.54. The molecule has 0 aliphatic carbocycles. The zero-order valence-corrected chi connectivity index (χ0v) is 12.2. The number of benzene rings is 1. The SMILES string of the molecule is CC(C)(C#N)CCN(CCCC(=O)O)c1ccccc1. The number of hydrogen-bond acceptors (Lipinski definition) is 3. The Kier molecular flexibility index (Phi) is 6.05. The fourth-order valence-corrected chi connectivity index (χ4v) is 1.90. The summed E-state index contributed by atoms with van der Waals surface area (Å²) in [6, 6.07) is 12.2. The molecule has 0 unspecified atom stereocenters. The fraction of sp³-hybridized carbons (Fsp3) is 0.500. The van der Waals surface area contributed by atoms with Crippen molar-refractivity contribution in [2.24, 2.45) is 5.41 Å². The second-order valence-electron chi connectivity index (χ2n) is 5.57. The third-order valence-corrected chi connectivity index (χ3v) is 3.25. The number of nitrogens with zero attached hydrogens (tertiary/aromatic N) is 2. The number of nitriles is 1. The smallest absolute Gasteiger partial charge is 0.303 e. The van der Waals surface area contributed by atoms with Crippen molar-refractivity contribution in [3.05, 3.63) is 30.3 Å². The maximum absolute atomic E-state index is 10.6. The van der Waals surface area contributed by atoms with Gasteiger partial charge in [0.15, 0.2) is 0 Å². The third kappa shape index (κ3) is 5.75. The van der Waals surface area contributed by atoms with Gasteiger partial charge in [-0.3, -0.25) is 4.79 Å². The van der Waals surface area contributed by atoms with E-state index < -0.39 is 5.97 Å². The van der Waals surface area contributed by atoms with Crippen LogP contribution in [0.3, 0.4) is 0 Å². The molecule has 0 atom stereocenters. The molecule has 0 aromatic heterocycles. The zero-order valence-electron chi connectivity index (χ0n) is 12.2. The lowest BCUT2D eigenvalue weighted by Gasteiger charge is -2.27. The molecule has 0 spiro atoms. The summed E-state index contributed by atoms with van der Waals surface area (Å²) in [5, 5.41) is 17.8. The van der Waals surface area contributed by atoms with Crippen LogP contribution in [-0.2, 0) is 4.79 Å². The van der Waals surface area contributed by atoms with Crippen LogP contribution in [0.4, 0.5) is 5.69 Å². The Balaban J connectivity index is 2.65. The number of rotatable bonds is 8. The standard InChI is InChI=1S/C16H22N2O2/c1-16(2,13-17)10-12-18(11-6-9-15(19)20)14-7-4-3-5-8-14/h3-5,7-8H,6,9-12H2,1-2H3,(H,19,20). The van der Waals surface area contributed by atoms with E-state index in [1.165, 1.54) is 0 Å². The Morgan fingerprint density at radius 2 is 1.95 bits per heavy atom. The normalized spacial score (nSPS) is 10.8. The number of carboxylic acid groups (broad SMARTS) is 1. The highest BCUT2D eigenvalue weighted by Gasteiger charge is 2.18. The van der Waals surface area contributed by atoms with Crippen molar-refractivity contribution in [2.45, 2.75) is 33.1 Å². The first-order valence-electron chi connectivity index (χ1n) is 6.88. The number of para-hydroxylation sites is 1. The van der Waals surface area contributed by atoms with Crippen LogP contribution in [-0.4, -0.2) is 24.2 Å². The fourth-order valence-electron chi connectivity index (χ4n) is 1.90. The van der Waals surface area contributed by atoms with Crippen LogP contribution in [0.5, 0.6) is 0 Å². The number of carboxylic acids is 1. The van der Waals surface area contributed by atoms with Crippen molar-refractivity contribution in [2.75, 3.05) is 18.0 Å². The molecule has 0 aliphatic heterocycles. The molecule has 0 radical (unpaired) electrons. The van der Waals surface area contributed by atoms with Crippen LogP contribution in [0, 0.1) is 16.7 Å². The predicted molar refractivity (Wildman–Crippen MR) is 79.5 cm³/mol. The van der Waals surface area contributed by atoms with E-state index in [0.29, 0.717) is 13.0 Å². The van der Waals surface area contributed by atoms with Gasteiger partial charge in [-0.25, -0.2) is 0 Å². The number of carbonyl (C=O) groups is 1. The lowest BCUT2D eigenvalue weighted by atomic mass is 9.91. The van der Waals surface area contributed by atoms with Gasteiger partial charge in [0, 0.05) is 25.2 Å². The largest absolute Gasteiger partial charge is 0.481 e. The maximum Gasteiger partial charge on any atom is 0.303 e. The molecule has 0 amide bonds. The second-order valence-corrected chi connectivity index (χ2v) is 5.57. The van der Waals surface area contributed by atoms with Gasteiger partial charge in [-0.2, -0.15) is 5.26 Å². The van der Waals surface area contributed by atoms with Crippen LogP contribution < -0.4 is 4.90 Å². The van der Waals surface area contributed by atoms with Gasteiger partial charge in [-0.15, -0.1) is 0 Å². The van der Waals surface area contributed by atoms with Gasteiger partial charge in [0.1, 0.15) is 0 Å². The van der Waals surface area contributed by atoms with Crippen molar-refractivity contribution in [1.29, 1.82) is 5.26 Å². The Morgan fingerprint density at radius 1 is 1.30 bits per heavy atom. The van der Waals surface area contributed by atoms with Crippen LogP contribution in [0.2, 0.25) is 0 Å². The van der Waals surface area contributed by atoms with Crippen molar-refractivity contribution in [3.63, 3.8) is 0 Å². The summed E-state index contributed by atoms with van der Waals surface area (Å²) in [5.74, 6) is -0.768. The Labute approximate surface area is 120 Å². The molecule has 0 saturated carbocycles. The lowest BCUT2D eigenvalue weighted by molar-refractivity contribution is -0.137. The molecule has 4 nitrogen and oxygen atoms in total. The molecule has 0 aliphatic rings. The Hall–Kier alpha value is -2.02. The predicted octanol–water partition coefficient (Wildman–Crippen LogP) is 3.30. The maximum atomic E-state index is 10.6. The van der Waals surface area contributed by atoms with Crippen LogP contribution in [0.1, 0.15) is 33.1 Å². The molecule has 0 saturated heterocycles. The molecule has 4 heteroatoms. The molecular formula is C16H22N2O2. The van der Waals surface area contributed by atoms with E-state index in [1.54, 1.807) is 0 Å². The van der Waals surface area contributed by atoms with Crippen LogP contribution >= 0.6 is 0 Å². The van der Waals surface area contributed by atoms with E-state index >= 15 is 0 Å². The highest BCUT2D eigenvalue weighted by atomic mass is 16.4. The summed E-state index contributed by atoms with van der Waals surface area (Å²) < 4.78 is 0. The summed E-state index contributed by atoms with van der Waals surface area (Å²) in [5.41, 5.74) is 0.714. The summed E-state index contributed by atoms with van der Waals surface area (Å²) in [6.45, 7) is 5.29. The van der Waals surface area contributed by atoms with Crippen molar-refractivity contribution < 1.29 is 9.90 Å². The van der Waals surface area contributed by atoms with Crippen LogP contribution in [0.15, 0.2) is 30.3 Å². The first-order valence-corrected chi connectivity index (χ1v) is 6.88. The molecule has 0 bridgehead atoms. The molecule has 108 valence electrons. The molecule has 0 fully saturated rings. The topological polar surface area (TPSA) is 64.3 Å². The number of aliphatic carboxylic acids is 1. The van der Waals surface area contributed by atoms with E-state index in [-0.39, 0.29) is 11.8 Å². The molecule has 0 heterocycles. The van der Waals surface area contributed by atoms with Crippen molar-refractivity contribution >= 4 is 11.7 Å². The van der Waals surface area contributed by atoms with Gasteiger partial charge < -0.3 is 10.0 Å². The van der Waals surface area contributed by atoms with E-state index in [0.717, 1.165) is 18.7 Å². The van der Waals surface area contributed by atoms with Gasteiger partial charge in [-0.1, -0.05) is 18.2 Å². The van der Waals surface area contributed by atoms with E-state index in [1.807, 2.05) is 44.2 Å². The highest BCUT2D eigenvalue weighted by molar-refractivity contribution is 5.66. The molecule has 1 aromatic carbocycles. The Bertz CT molecular complexity index is 463. The molecular weight excluding hydrogens is 252 g/mol. The lowest BCUT2D eigenvalue weighted by Crippen LogP contribution is -2.29. The number of anilines is 1. The minimum atomic E-state index is -0.768. The van der Waals surface area contributed by atoms with E-state index in [2.05, 4.69) is 11.0 Å². The number of hydrogen-bond donors (Lipinski definition) is 1. The first kappa shape index (κ1) is 16.0. The van der Waals surface area contributed by atoms with Gasteiger partial charge in [0.25, 0.3) is 0 Å². The summed E-state index contributed by atoms with van der Waals surface area (Å²) in [6.07, 6.45) is 1.54. The van der Waals surface area contributed by atoms with E-state index in [9.17, 15) is 4.79 Å². The van der Waals surface area contributed by atoms with Crippen LogP contribution in [0.25, 0.3) is 0 Å². The zero-order chi connectivity index (χ0) is 15.0. The summed E-state index contributed by atoms with van der Waals surface area (Å²) >= 11 is 0. The minimum absolute atomic E-state index is 0.172. The van der Waals surface area contributed by atoms with Crippen molar-refractivity contribution in [1.82, 2.24) is 0 Å². The third-order valence-electron chi connectivity index (χ3n) is 3.25. The van der Waals surface area contributed by atoms with Crippen molar-refractivity contribution in [3.8, 4) is 6.07 Å². The summed E-state index contributed by atoms with van der Waals surface area (Å²) in [4.78, 5) is 12.8. The van der Waals surface area contributed by atoms with Gasteiger partial charge in [0.2, 0.25) is 0 Å². The average Bonchev–Trinajstić information content (AvgIpc) is 2.43. The highest BCUT2D eigenvalue weighted by Crippen LogP contribution is 2.22. The molecule has 1 aromatic rings. The monoisotopic (exact) mass is 274 g/mol. The molecule has 1 rings (SSSR count). The molecule has 1 N–H and O–H groups in total.